The van der Waals surface area contributed by atoms with Crippen LogP contribution in [0.15, 0.2) is 36.4 Å². The lowest BCUT2D eigenvalue weighted by atomic mass is 9.92. The third kappa shape index (κ3) is 2.85. The first-order valence-corrected chi connectivity index (χ1v) is 6.80. The number of aryl methyl sites for hydroxylation is 2. The van der Waals surface area contributed by atoms with E-state index in [-0.39, 0.29) is 5.82 Å². The van der Waals surface area contributed by atoms with Crippen molar-refractivity contribution in [2.24, 2.45) is 5.73 Å². The Kier molecular flexibility index (Phi) is 4.33. The van der Waals surface area contributed by atoms with Gasteiger partial charge in [0, 0.05) is 6.54 Å². The first-order chi connectivity index (χ1) is 9.19. The fourth-order valence-corrected chi connectivity index (χ4v) is 2.40. The van der Waals surface area contributed by atoms with E-state index in [9.17, 15) is 4.39 Å². The Morgan fingerprint density at radius 3 is 2.32 bits per heavy atom. The topological polar surface area (TPSA) is 26.0 Å². The largest absolute Gasteiger partial charge is 0.326 e. The van der Waals surface area contributed by atoms with Crippen molar-refractivity contribution in [3.63, 3.8) is 0 Å². The maximum atomic E-state index is 13.3. The molecular formula is C17H20FN. The van der Waals surface area contributed by atoms with Gasteiger partial charge in [0.05, 0.1) is 0 Å². The first kappa shape index (κ1) is 13.8. The van der Waals surface area contributed by atoms with E-state index in [2.05, 4.69) is 32.0 Å². The van der Waals surface area contributed by atoms with Crippen LogP contribution in [0.5, 0.6) is 0 Å². The lowest BCUT2D eigenvalue weighted by Gasteiger charge is -2.14. The van der Waals surface area contributed by atoms with Gasteiger partial charge in [0.1, 0.15) is 5.82 Å². The van der Waals surface area contributed by atoms with Crippen LogP contribution < -0.4 is 5.73 Å². The minimum atomic E-state index is -0.228. The van der Waals surface area contributed by atoms with Crippen molar-refractivity contribution in [2.75, 3.05) is 0 Å². The maximum absolute atomic E-state index is 13.3. The molecule has 19 heavy (non-hydrogen) atoms. The molecule has 2 heteroatoms. The third-order valence-electron chi connectivity index (χ3n) is 3.54. The Morgan fingerprint density at radius 1 is 0.895 bits per heavy atom. The summed E-state index contributed by atoms with van der Waals surface area (Å²) in [5.41, 5.74) is 11.4. The second-order valence-corrected chi connectivity index (χ2v) is 4.70. The molecule has 2 aromatic rings. The van der Waals surface area contributed by atoms with Crippen LogP contribution in [0, 0.1) is 5.82 Å². The Morgan fingerprint density at radius 2 is 1.68 bits per heavy atom. The lowest BCUT2D eigenvalue weighted by molar-refractivity contribution is 0.625. The molecule has 0 fully saturated rings. The van der Waals surface area contributed by atoms with Crippen LogP contribution in [0.3, 0.4) is 0 Å². The number of nitrogens with two attached hydrogens (primary N) is 1. The quantitative estimate of drug-likeness (QED) is 0.877. The molecule has 0 spiro atoms. The summed E-state index contributed by atoms with van der Waals surface area (Å²) < 4.78 is 13.3. The van der Waals surface area contributed by atoms with Crippen molar-refractivity contribution in [3.05, 3.63) is 58.9 Å². The Bertz CT molecular complexity index is 575. The summed E-state index contributed by atoms with van der Waals surface area (Å²) in [5, 5.41) is 0. The molecule has 2 aromatic carbocycles. The molecule has 0 aliphatic carbocycles. The van der Waals surface area contributed by atoms with Gasteiger partial charge >= 0.3 is 0 Å². The summed E-state index contributed by atoms with van der Waals surface area (Å²) in [4.78, 5) is 0. The van der Waals surface area contributed by atoms with Crippen LogP contribution in [-0.4, -0.2) is 0 Å². The van der Waals surface area contributed by atoms with E-state index < -0.39 is 0 Å². The van der Waals surface area contributed by atoms with Crippen LogP contribution in [-0.2, 0) is 19.4 Å². The van der Waals surface area contributed by atoms with E-state index in [0.29, 0.717) is 6.54 Å². The van der Waals surface area contributed by atoms with Crippen LogP contribution in [0.2, 0.25) is 0 Å². The SMILES string of the molecule is CCc1ccc(CC)c(-c2ccc(F)cc2CN)c1. The molecule has 0 amide bonds. The summed E-state index contributed by atoms with van der Waals surface area (Å²) in [5.74, 6) is -0.228. The van der Waals surface area contributed by atoms with E-state index >= 15 is 0 Å². The number of halogens is 1. The minimum absolute atomic E-state index is 0.228. The number of benzene rings is 2. The monoisotopic (exact) mass is 257 g/mol. The fourth-order valence-electron chi connectivity index (χ4n) is 2.40. The number of hydrogen-bond donors (Lipinski definition) is 1. The van der Waals surface area contributed by atoms with E-state index in [0.717, 1.165) is 24.0 Å². The lowest BCUT2D eigenvalue weighted by Crippen LogP contribution is -2.01. The zero-order valence-corrected chi connectivity index (χ0v) is 11.5. The second kappa shape index (κ2) is 5.98. The molecule has 0 aromatic heterocycles. The van der Waals surface area contributed by atoms with Gasteiger partial charge in [-0.25, -0.2) is 4.39 Å². The van der Waals surface area contributed by atoms with Crippen LogP contribution in [0.25, 0.3) is 11.1 Å². The maximum Gasteiger partial charge on any atom is 0.123 e. The molecular weight excluding hydrogens is 237 g/mol. The van der Waals surface area contributed by atoms with Crippen molar-refractivity contribution in [3.8, 4) is 11.1 Å². The molecule has 0 heterocycles. The summed E-state index contributed by atoms with van der Waals surface area (Å²) in [7, 11) is 0. The van der Waals surface area contributed by atoms with E-state index in [1.807, 2.05) is 6.07 Å². The third-order valence-corrected chi connectivity index (χ3v) is 3.54. The Labute approximate surface area is 114 Å². The smallest absolute Gasteiger partial charge is 0.123 e. The molecule has 0 saturated heterocycles. The zero-order chi connectivity index (χ0) is 13.8. The highest BCUT2D eigenvalue weighted by Crippen LogP contribution is 2.29. The van der Waals surface area contributed by atoms with Gasteiger partial charge in [0.2, 0.25) is 0 Å². The van der Waals surface area contributed by atoms with Gasteiger partial charge in [-0.3, -0.25) is 0 Å². The molecule has 0 saturated carbocycles. The minimum Gasteiger partial charge on any atom is -0.326 e. The summed E-state index contributed by atoms with van der Waals surface area (Å²) >= 11 is 0. The van der Waals surface area contributed by atoms with Gasteiger partial charge < -0.3 is 5.73 Å². The van der Waals surface area contributed by atoms with Gasteiger partial charge in [-0.05, 0) is 52.8 Å². The standard InChI is InChI=1S/C17H20FN/c1-3-12-5-6-13(4-2)17(9-12)16-8-7-15(18)10-14(16)11-19/h5-10H,3-4,11,19H2,1-2H3. The highest BCUT2D eigenvalue weighted by Gasteiger charge is 2.10. The molecule has 0 bridgehead atoms. The first-order valence-electron chi connectivity index (χ1n) is 6.80. The summed E-state index contributed by atoms with van der Waals surface area (Å²) in [6, 6.07) is 11.4. The molecule has 0 atom stereocenters. The van der Waals surface area contributed by atoms with Gasteiger partial charge in [0.15, 0.2) is 0 Å². The van der Waals surface area contributed by atoms with Crippen molar-refractivity contribution in [1.29, 1.82) is 0 Å². The average molecular weight is 257 g/mol. The molecule has 0 unspecified atom stereocenters. The predicted molar refractivity (Wildman–Crippen MR) is 78.5 cm³/mol. The van der Waals surface area contributed by atoms with Gasteiger partial charge in [-0.1, -0.05) is 38.1 Å². The summed E-state index contributed by atoms with van der Waals surface area (Å²) in [6.45, 7) is 4.63. The zero-order valence-electron chi connectivity index (χ0n) is 11.5. The van der Waals surface area contributed by atoms with E-state index in [1.54, 1.807) is 0 Å². The van der Waals surface area contributed by atoms with E-state index in [4.69, 9.17) is 5.73 Å². The van der Waals surface area contributed by atoms with Crippen molar-refractivity contribution < 1.29 is 4.39 Å². The van der Waals surface area contributed by atoms with Crippen LogP contribution >= 0.6 is 0 Å². The average Bonchev–Trinajstić information content (AvgIpc) is 2.46. The van der Waals surface area contributed by atoms with Gasteiger partial charge in [-0.2, -0.15) is 0 Å². The molecule has 2 N–H and O–H groups in total. The van der Waals surface area contributed by atoms with Crippen molar-refractivity contribution in [2.45, 2.75) is 33.2 Å². The molecule has 0 aliphatic heterocycles. The predicted octanol–water partition coefficient (Wildman–Crippen LogP) is 4.08. The van der Waals surface area contributed by atoms with Gasteiger partial charge in [0.25, 0.3) is 0 Å². The molecule has 2 rings (SSSR count). The fraction of sp³-hybridized carbons (Fsp3) is 0.294. The molecule has 0 radical (unpaired) electrons. The normalized spacial score (nSPS) is 10.7. The van der Waals surface area contributed by atoms with Crippen molar-refractivity contribution in [1.82, 2.24) is 0 Å². The highest BCUT2D eigenvalue weighted by atomic mass is 19.1. The summed E-state index contributed by atoms with van der Waals surface area (Å²) in [6.07, 6.45) is 1.96. The number of hydrogen-bond acceptors (Lipinski definition) is 1. The van der Waals surface area contributed by atoms with Crippen molar-refractivity contribution >= 4 is 0 Å². The second-order valence-electron chi connectivity index (χ2n) is 4.70. The molecule has 100 valence electrons. The van der Waals surface area contributed by atoms with Crippen LogP contribution in [0.1, 0.15) is 30.5 Å². The Hall–Kier alpha value is -1.67. The molecule has 0 aliphatic rings. The van der Waals surface area contributed by atoms with Gasteiger partial charge in [-0.15, -0.1) is 0 Å². The highest BCUT2D eigenvalue weighted by molar-refractivity contribution is 5.71. The number of rotatable bonds is 4. The van der Waals surface area contributed by atoms with E-state index in [1.165, 1.54) is 28.8 Å². The Balaban J connectivity index is 2.62. The van der Waals surface area contributed by atoms with Crippen LogP contribution in [0.4, 0.5) is 4.39 Å². The molecule has 1 nitrogen and oxygen atoms in total.